The smallest absolute Gasteiger partial charge is 0.249 e. The Hall–Kier alpha value is -0.500. The normalized spacial score (nSPS) is 34.6. The molecular formula is C11H11ClNO. The highest BCUT2D eigenvalue weighted by atomic mass is 35.5. The SMILES string of the molecule is C=C1C(=O)N(C)CC12[CH][CH][CH][CH][C]2Cl. The van der Waals surface area contributed by atoms with Gasteiger partial charge in [0.2, 0.25) is 5.91 Å². The molecule has 1 atom stereocenters. The van der Waals surface area contributed by atoms with Crippen LogP contribution in [0.3, 0.4) is 0 Å². The first-order valence-corrected chi connectivity index (χ1v) is 4.79. The summed E-state index contributed by atoms with van der Waals surface area (Å²) in [5, 5.41) is 0.669. The van der Waals surface area contributed by atoms with Gasteiger partial charge < -0.3 is 4.90 Å². The lowest BCUT2D eigenvalue weighted by atomic mass is 9.71. The lowest BCUT2D eigenvalue weighted by molar-refractivity contribution is -0.123. The van der Waals surface area contributed by atoms with Gasteiger partial charge in [-0.1, -0.05) is 6.58 Å². The molecule has 0 bridgehead atoms. The topological polar surface area (TPSA) is 20.3 Å². The molecule has 1 aliphatic heterocycles. The van der Waals surface area contributed by atoms with Crippen LogP contribution in [0.5, 0.6) is 0 Å². The van der Waals surface area contributed by atoms with E-state index in [1.165, 1.54) is 0 Å². The Bertz CT molecular complexity index is 289. The van der Waals surface area contributed by atoms with E-state index in [1.54, 1.807) is 11.9 Å². The van der Waals surface area contributed by atoms with Gasteiger partial charge in [-0.15, -0.1) is 11.6 Å². The Morgan fingerprint density at radius 1 is 1.57 bits per heavy atom. The molecule has 2 fully saturated rings. The highest BCUT2D eigenvalue weighted by Gasteiger charge is 2.51. The van der Waals surface area contributed by atoms with Gasteiger partial charge in [-0.25, -0.2) is 0 Å². The molecule has 1 unspecified atom stereocenters. The number of carbonyl (C=O) groups excluding carboxylic acids is 1. The first-order valence-electron chi connectivity index (χ1n) is 4.41. The number of likely N-dealkylation sites (N-methyl/N-ethyl adjacent to an activating group) is 1. The van der Waals surface area contributed by atoms with Crippen LogP contribution in [0.15, 0.2) is 12.2 Å². The van der Waals surface area contributed by atoms with Crippen molar-refractivity contribution in [3.05, 3.63) is 43.2 Å². The average Bonchev–Trinajstić information content (AvgIpc) is 2.38. The lowest BCUT2D eigenvalue weighted by Crippen LogP contribution is -2.34. The molecule has 0 aromatic heterocycles. The molecule has 1 saturated carbocycles. The summed E-state index contributed by atoms with van der Waals surface area (Å²) in [5.41, 5.74) is 0.0906. The van der Waals surface area contributed by atoms with Crippen LogP contribution in [0.4, 0.5) is 0 Å². The fraction of sp³-hybridized carbons (Fsp3) is 0.273. The van der Waals surface area contributed by atoms with Gasteiger partial charge in [-0.2, -0.15) is 0 Å². The predicted molar refractivity (Wildman–Crippen MR) is 55.5 cm³/mol. The van der Waals surface area contributed by atoms with E-state index in [4.69, 9.17) is 11.6 Å². The van der Waals surface area contributed by atoms with Gasteiger partial charge in [0.05, 0.1) is 5.38 Å². The maximum Gasteiger partial charge on any atom is 0.249 e. The second kappa shape index (κ2) is 3.27. The fourth-order valence-corrected chi connectivity index (χ4v) is 2.23. The number of amides is 1. The van der Waals surface area contributed by atoms with Crippen molar-refractivity contribution in [3.8, 4) is 0 Å². The molecule has 0 aromatic carbocycles. The van der Waals surface area contributed by atoms with E-state index in [1.807, 2.05) is 25.7 Å². The van der Waals surface area contributed by atoms with Gasteiger partial charge in [0.25, 0.3) is 0 Å². The third kappa shape index (κ3) is 1.20. The third-order valence-electron chi connectivity index (χ3n) is 2.79. The molecule has 1 aliphatic carbocycles. The van der Waals surface area contributed by atoms with Crippen molar-refractivity contribution in [1.29, 1.82) is 0 Å². The average molecular weight is 209 g/mol. The first-order chi connectivity index (χ1) is 6.58. The van der Waals surface area contributed by atoms with Crippen LogP contribution in [-0.2, 0) is 4.79 Å². The zero-order valence-electron chi connectivity index (χ0n) is 7.96. The van der Waals surface area contributed by atoms with Crippen LogP contribution in [0.2, 0.25) is 0 Å². The van der Waals surface area contributed by atoms with Gasteiger partial charge >= 0.3 is 0 Å². The lowest BCUT2D eigenvalue weighted by Gasteiger charge is -2.36. The molecule has 1 spiro atoms. The summed E-state index contributed by atoms with van der Waals surface area (Å²) in [5.74, 6) is -0.0249. The molecule has 1 saturated heterocycles. The number of hydrogen-bond acceptors (Lipinski definition) is 1. The standard InChI is InChI=1S/C11H11ClNO/c1-8-10(14)13(2)7-11(8)6-4-3-5-9(11)12/h3-6H,1,7H2,2H3. The third-order valence-corrected chi connectivity index (χ3v) is 3.25. The van der Waals surface area contributed by atoms with Crippen molar-refractivity contribution in [1.82, 2.24) is 4.90 Å². The second-order valence-electron chi connectivity index (χ2n) is 3.68. The molecule has 1 heterocycles. The summed E-state index contributed by atoms with van der Waals surface area (Å²) in [4.78, 5) is 13.3. The minimum atomic E-state index is -0.470. The Morgan fingerprint density at radius 2 is 2.29 bits per heavy atom. The van der Waals surface area contributed by atoms with Crippen molar-refractivity contribution in [3.63, 3.8) is 0 Å². The number of hydrogen-bond donors (Lipinski definition) is 0. The summed E-state index contributed by atoms with van der Waals surface area (Å²) in [7, 11) is 1.76. The van der Waals surface area contributed by atoms with E-state index in [-0.39, 0.29) is 5.91 Å². The van der Waals surface area contributed by atoms with Crippen molar-refractivity contribution >= 4 is 17.5 Å². The quantitative estimate of drug-likeness (QED) is 0.554. The van der Waals surface area contributed by atoms with Crippen molar-refractivity contribution < 1.29 is 4.79 Å². The highest BCUT2D eigenvalue weighted by molar-refractivity contribution is 6.30. The van der Waals surface area contributed by atoms with Crippen LogP contribution in [0, 0.1) is 36.5 Å². The Balaban J connectivity index is 2.31. The van der Waals surface area contributed by atoms with E-state index < -0.39 is 5.41 Å². The summed E-state index contributed by atoms with van der Waals surface area (Å²) in [6, 6.07) is 0. The number of rotatable bonds is 0. The van der Waals surface area contributed by atoms with Gasteiger partial charge in [0.1, 0.15) is 0 Å². The largest absolute Gasteiger partial charge is 0.341 e. The first kappa shape index (κ1) is 10.0. The molecular weight excluding hydrogens is 198 g/mol. The second-order valence-corrected chi connectivity index (χ2v) is 4.08. The Kier molecular flexibility index (Phi) is 2.34. The van der Waals surface area contributed by atoms with Crippen LogP contribution >= 0.6 is 11.6 Å². The maximum absolute atomic E-state index is 11.6. The number of nitrogens with zero attached hydrogens (tertiary/aromatic N) is 1. The molecule has 1 amide bonds. The Labute approximate surface area is 89.9 Å². The molecule has 0 aromatic rings. The van der Waals surface area contributed by atoms with E-state index in [9.17, 15) is 4.79 Å². The molecule has 73 valence electrons. The summed E-state index contributed by atoms with van der Waals surface area (Å²) >= 11 is 6.14. The minimum absolute atomic E-state index is 0.0249. The Morgan fingerprint density at radius 3 is 2.79 bits per heavy atom. The van der Waals surface area contributed by atoms with E-state index in [0.717, 1.165) is 0 Å². The molecule has 2 nitrogen and oxygen atoms in total. The molecule has 2 rings (SSSR count). The van der Waals surface area contributed by atoms with Gasteiger partial charge in [-0.05, 0) is 25.7 Å². The van der Waals surface area contributed by atoms with Crippen LogP contribution in [0.1, 0.15) is 0 Å². The van der Waals surface area contributed by atoms with E-state index in [2.05, 4.69) is 6.58 Å². The van der Waals surface area contributed by atoms with Crippen molar-refractivity contribution in [2.24, 2.45) is 5.41 Å². The zero-order chi connectivity index (χ0) is 10.3. The summed E-state index contributed by atoms with van der Waals surface area (Å²) in [6.07, 6.45) is 7.53. The fourth-order valence-electron chi connectivity index (χ4n) is 1.92. The summed E-state index contributed by atoms with van der Waals surface area (Å²) < 4.78 is 0. The molecule has 5 radical (unpaired) electrons. The van der Waals surface area contributed by atoms with Gasteiger partial charge in [0.15, 0.2) is 0 Å². The van der Waals surface area contributed by atoms with Crippen LogP contribution in [0.25, 0.3) is 0 Å². The maximum atomic E-state index is 11.6. The van der Waals surface area contributed by atoms with E-state index >= 15 is 0 Å². The highest BCUT2D eigenvalue weighted by Crippen LogP contribution is 2.51. The zero-order valence-corrected chi connectivity index (χ0v) is 8.71. The van der Waals surface area contributed by atoms with Crippen LogP contribution < -0.4 is 0 Å². The van der Waals surface area contributed by atoms with Crippen molar-refractivity contribution in [2.45, 2.75) is 0 Å². The predicted octanol–water partition coefficient (Wildman–Crippen LogP) is 1.60. The number of likely N-dealkylation sites (tertiary alicyclic amines) is 1. The molecule has 2 aliphatic rings. The van der Waals surface area contributed by atoms with Crippen LogP contribution in [-0.4, -0.2) is 24.4 Å². The molecule has 0 N–H and O–H groups in total. The molecule has 3 heteroatoms. The van der Waals surface area contributed by atoms with Crippen molar-refractivity contribution in [2.75, 3.05) is 13.6 Å². The number of carbonyl (C=O) groups is 1. The minimum Gasteiger partial charge on any atom is -0.341 e. The van der Waals surface area contributed by atoms with Gasteiger partial charge in [0, 0.05) is 24.6 Å². The van der Waals surface area contributed by atoms with E-state index in [0.29, 0.717) is 17.5 Å². The monoisotopic (exact) mass is 208 g/mol. The summed E-state index contributed by atoms with van der Waals surface area (Å²) in [6.45, 7) is 4.42. The van der Waals surface area contributed by atoms with Gasteiger partial charge in [-0.3, -0.25) is 4.79 Å². The molecule has 14 heavy (non-hydrogen) atoms. The number of halogens is 1.